The van der Waals surface area contributed by atoms with E-state index < -0.39 is 5.41 Å². The van der Waals surface area contributed by atoms with E-state index in [1.165, 1.54) is 0 Å². The lowest BCUT2D eigenvalue weighted by atomic mass is 9.67. The number of nitrogens with two attached hydrogens (primary N) is 1. The first-order chi connectivity index (χ1) is 9.40. The number of carbonyl (C=O) groups excluding carboxylic acids is 1. The van der Waals surface area contributed by atoms with Crippen LogP contribution in [0.25, 0.3) is 0 Å². The Hall–Kier alpha value is -2.04. The van der Waals surface area contributed by atoms with Gasteiger partial charge in [0, 0.05) is 12.7 Å². The molecule has 0 heterocycles. The lowest BCUT2D eigenvalue weighted by Crippen LogP contribution is -2.54. The van der Waals surface area contributed by atoms with Gasteiger partial charge in [0.1, 0.15) is 5.41 Å². The Balaban J connectivity index is 2.32. The number of hydrogen-bond acceptors (Lipinski definition) is 3. The number of hydrogen-bond donors (Lipinski definition) is 2. The van der Waals surface area contributed by atoms with Crippen LogP contribution in [0.15, 0.2) is 23.4 Å². The maximum Gasteiger partial charge on any atom is 0.240 e. The molecule has 3 N–H and O–H groups in total. The summed E-state index contributed by atoms with van der Waals surface area (Å²) in [5.74, 6) is -0.0889. The molecule has 0 spiro atoms. The maximum atomic E-state index is 12.7. The highest BCUT2D eigenvalue weighted by atomic mass is 16.4. The van der Waals surface area contributed by atoms with Crippen molar-refractivity contribution in [1.29, 1.82) is 0 Å². The van der Waals surface area contributed by atoms with Gasteiger partial charge in [-0.2, -0.15) is 0 Å². The smallest absolute Gasteiger partial charge is 0.240 e. The number of rotatable bonds is 3. The minimum Gasteiger partial charge on any atom is -0.409 e. The van der Waals surface area contributed by atoms with Crippen LogP contribution in [0, 0.1) is 19.3 Å². The summed E-state index contributed by atoms with van der Waals surface area (Å²) in [5.41, 5.74) is 7.95. The summed E-state index contributed by atoms with van der Waals surface area (Å²) in [6.07, 6.45) is 2.19. The molecule has 1 fully saturated rings. The molecule has 1 aliphatic rings. The van der Waals surface area contributed by atoms with Gasteiger partial charge in [-0.3, -0.25) is 4.79 Å². The number of nitrogens with zero attached hydrogens (tertiary/aromatic N) is 2. The van der Waals surface area contributed by atoms with Crippen LogP contribution in [0.4, 0.5) is 5.69 Å². The van der Waals surface area contributed by atoms with Crippen LogP contribution < -0.4 is 10.6 Å². The molecule has 1 amide bonds. The van der Waals surface area contributed by atoms with E-state index in [-0.39, 0.29) is 11.7 Å². The predicted octanol–water partition coefficient (Wildman–Crippen LogP) is 2.18. The van der Waals surface area contributed by atoms with Gasteiger partial charge in [0.05, 0.1) is 0 Å². The predicted molar refractivity (Wildman–Crippen MR) is 79.0 cm³/mol. The number of benzene rings is 1. The molecule has 5 heteroatoms. The molecule has 0 atom stereocenters. The molecule has 0 radical (unpaired) electrons. The van der Waals surface area contributed by atoms with Crippen LogP contribution in [0.2, 0.25) is 0 Å². The molecule has 108 valence electrons. The molecule has 0 unspecified atom stereocenters. The third-order valence-corrected chi connectivity index (χ3v) is 4.11. The fraction of sp³-hybridized carbons (Fsp3) is 0.467. The second-order valence-corrected chi connectivity index (χ2v) is 5.63. The van der Waals surface area contributed by atoms with Crippen molar-refractivity contribution < 1.29 is 10.0 Å². The highest BCUT2D eigenvalue weighted by molar-refractivity contribution is 6.13. The molecule has 1 saturated carbocycles. The summed E-state index contributed by atoms with van der Waals surface area (Å²) in [6, 6.07) is 5.98. The van der Waals surface area contributed by atoms with Crippen LogP contribution >= 0.6 is 0 Å². The van der Waals surface area contributed by atoms with E-state index >= 15 is 0 Å². The molecule has 0 aliphatic heterocycles. The van der Waals surface area contributed by atoms with Crippen molar-refractivity contribution in [3.63, 3.8) is 0 Å². The highest BCUT2D eigenvalue weighted by Gasteiger charge is 2.50. The minimum absolute atomic E-state index is 0.0185. The number of anilines is 1. The Morgan fingerprint density at radius 1 is 1.30 bits per heavy atom. The van der Waals surface area contributed by atoms with Gasteiger partial charge in [0.25, 0.3) is 0 Å². The van der Waals surface area contributed by atoms with Crippen LogP contribution in [-0.2, 0) is 4.79 Å². The normalized spacial score (nSPS) is 17.4. The van der Waals surface area contributed by atoms with Crippen molar-refractivity contribution in [3.8, 4) is 0 Å². The van der Waals surface area contributed by atoms with E-state index in [1.54, 1.807) is 11.9 Å². The molecule has 1 aliphatic carbocycles. The summed E-state index contributed by atoms with van der Waals surface area (Å²) in [4.78, 5) is 14.3. The van der Waals surface area contributed by atoms with Crippen molar-refractivity contribution >= 4 is 17.4 Å². The summed E-state index contributed by atoms with van der Waals surface area (Å²) in [6.45, 7) is 3.99. The number of amidine groups is 1. The average Bonchev–Trinajstić information content (AvgIpc) is 2.34. The summed E-state index contributed by atoms with van der Waals surface area (Å²) in [7, 11) is 1.74. The van der Waals surface area contributed by atoms with Crippen LogP contribution in [0.5, 0.6) is 0 Å². The number of amides is 1. The molecule has 20 heavy (non-hydrogen) atoms. The number of oxime groups is 1. The third-order valence-electron chi connectivity index (χ3n) is 4.11. The zero-order chi connectivity index (χ0) is 14.9. The molecule has 0 saturated heterocycles. The fourth-order valence-electron chi connectivity index (χ4n) is 2.79. The maximum absolute atomic E-state index is 12.7. The second-order valence-electron chi connectivity index (χ2n) is 5.63. The largest absolute Gasteiger partial charge is 0.409 e. The average molecular weight is 275 g/mol. The van der Waals surface area contributed by atoms with Gasteiger partial charge >= 0.3 is 0 Å². The van der Waals surface area contributed by atoms with Gasteiger partial charge in [-0.1, -0.05) is 17.6 Å². The highest BCUT2D eigenvalue weighted by Crippen LogP contribution is 2.43. The second kappa shape index (κ2) is 5.15. The first-order valence-electron chi connectivity index (χ1n) is 6.75. The molecule has 5 nitrogen and oxygen atoms in total. The lowest BCUT2D eigenvalue weighted by molar-refractivity contribution is -0.128. The quantitative estimate of drug-likeness (QED) is 0.384. The van der Waals surface area contributed by atoms with Gasteiger partial charge in [-0.25, -0.2) is 0 Å². The van der Waals surface area contributed by atoms with Gasteiger partial charge < -0.3 is 15.8 Å². The van der Waals surface area contributed by atoms with E-state index in [4.69, 9.17) is 10.9 Å². The first-order valence-corrected chi connectivity index (χ1v) is 6.75. The Morgan fingerprint density at radius 2 is 1.85 bits per heavy atom. The summed E-state index contributed by atoms with van der Waals surface area (Å²) in [5, 5.41) is 12.0. The number of carbonyl (C=O) groups is 1. The van der Waals surface area contributed by atoms with Crippen LogP contribution in [0.3, 0.4) is 0 Å². The summed E-state index contributed by atoms with van der Waals surface area (Å²) >= 11 is 0. The number of aryl methyl sites for hydroxylation is 2. The van der Waals surface area contributed by atoms with Crippen molar-refractivity contribution in [1.82, 2.24) is 0 Å². The van der Waals surface area contributed by atoms with Crippen LogP contribution in [-0.4, -0.2) is 24.0 Å². The minimum atomic E-state index is -0.832. The van der Waals surface area contributed by atoms with Crippen molar-refractivity contribution in [3.05, 3.63) is 29.3 Å². The fourth-order valence-corrected chi connectivity index (χ4v) is 2.79. The molecule has 0 aromatic heterocycles. The Kier molecular flexibility index (Phi) is 3.70. The summed E-state index contributed by atoms with van der Waals surface area (Å²) < 4.78 is 0. The van der Waals surface area contributed by atoms with Gasteiger partial charge in [0.15, 0.2) is 5.84 Å². The van der Waals surface area contributed by atoms with Crippen molar-refractivity contribution in [2.24, 2.45) is 16.3 Å². The van der Waals surface area contributed by atoms with Gasteiger partial charge in [-0.05, 0) is 49.9 Å². The van der Waals surface area contributed by atoms with E-state index in [9.17, 15) is 4.79 Å². The monoisotopic (exact) mass is 275 g/mol. The zero-order valence-electron chi connectivity index (χ0n) is 12.2. The van der Waals surface area contributed by atoms with Crippen molar-refractivity contribution in [2.75, 3.05) is 11.9 Å². The lowest BCUT2D eigenvalue weighted by Gasteiger charge is -2.41. The standard InChI is InChI=1S/C15H21N3O2/c1-10-7-11(2)9-12(8-10)18(3)14(19)15(5-4-6-15)13(16)17-20/h7-9,20H,4-6H2,1-3H3,(H2,16,17). The first kappa shape index (κ1) is 14.4. The Bertz CT molecular complexity index is 542. The molecular weight excluding hydrogens is 254 g/mol. The van der Waals surface area contributed by atoms with Gasteiger partial charge in [0.2, 0.25) is 5.91 Å². The Morgan fingerprint density at radius 3 is 2.25 bits per heavy atom. The molecule has 0 bridgehead atoms. The Labute approximate surface area is 119 Å². The van der Waals surface area contributed by atoms with Crippen molar-refractivity contribution in [2.45, 2.75) is 33.1 Å². The van der Waals surface area contributed by atoms with Gasteiger partial charge in [-0.15, -0.1) is 0 Å². The molecular formula is C15H21N3O2. The molecule has 1 aromatic rings. The van der Waals surface area contributed by atoms with E-state index in [0.717, 1.165) is 23.2 Å². The molecule has 2 rings (SSSR count). The van der Waals surface area contributed by atoms with E-state index in [0.29, 0.717) is 12.8 Å². The third kappa shape index (κ3) is 2.24. The molecule has 1 aromatic carbocycles. The zero-order valence-corrected chi connectivity index (χ0v) is 12.2. The van der Waals surface area contributed by atoms with E-state index in [2.05, 4.69) is 11.2 Å². The van der Waals surface area contributed by atoms with E-state index in [1.807, 2.05) is 26.0 Å². The SMILES string of the molecule is Cc1cc(C)cc(N(C)C(=O)C2(/C(N)=N/O)CCC2)c1. The topological polar surface area (TPSA) is 78.9 Å². The van der Waals surface area contributed by atoms with Crippen LogP contribution in [0.1, 0.15) is 30.4 Å².